The highest BCUT2D eigenvalue weighted by Crippen LogP contribution is 2.20. The topological polar surface area (TPSA) is 28.2 Å². The molecule has 96 valence electrons. The highest BCUT2D eigenvalue weighted by atomic mass is 19.4. The lowest BCUT2D eigenvalue weighted by molar-refractivity contribution is -0.119. The molecule has 0 aliphatic heterocycles. The van der Waals surface area contributed by atoms with Crippen molar-refractivity contribution in [3.05, 3.63) is 24.0 Å². The zero-order chi connectivity index (χ0) is 12.9. The first kappa shape index (κ1) is 13.8. The number of pyridine rings is 1. The largest absolute Gasteiger partial charge is 0.405 e. The summed E-state index contributed by atoms with van der Waals surface area (Å²) in [5, 5.41) is 3.08. The molecule has 0 atom stereocenters. The number of aromatic nitrogens is 1. The zero-order valence-corrected chi connectivity index (χ0v) is 9.88. The fraction of sp³-hybridized carbons (Fsp3) is 0.545. The number of nitrogens with one attached hydrogen (secondary N) is 1. The van der Waals surface area contributed by atoms with Crippen LogP contribution < -0.4 is 10.2 Å². The molecule has 0 bridgehead atoms. The third kappa shape index (κ3) is 5.04. The second kappa shape index (κ2) is 5.86. The van der Waals surface area contributed by atoms with Crippen LogP contribution in [0.25, 0.3) is 0 Å². The van der Waals surface area contributed by atoms with E-state index in [-0.39, 0.29) is 0 Å². The Labute approximate surface area is 98.6 Å². The average molecular weight is 247 g/mol. The van der Waals surface area contributed by atoms with Gasteiger partial charge in [-0.2, -0.15) is 13.2 Å². The Morgan fingerprint density at radius 1 is 1.41 bits per heavy atom. The molecule has 3 nitrogen and oxygen atoms in total. The van der Waals surface area contributed by atoms with Crippen molar-refractivity contribution in [3.8, 4) is 0 Å². The maximum Gasteiger partial charge on any atom is 0.405 e. The third-order valence-corrected chi connectivity index (χ3v) is 2.21. The molecule has 1 aromatic rings. The number of nitrogens with zero attached hydrogens (tertiary/aromatic N) is 2. The van der Waals surface area contributed by atoms with E-state index < -0.39 is 12.7 Å². The summed E-state index contributed by atoms with van der Waals surface area (Å²) in [6, 6.07) is 3.23. The molecule has 17 heavy (non-hydrogen) atoms. The highest BCUT2D eigenvalue weighted by Gasteiger charge is 2.29. The van der Waals surface area contributed by atoms with Gasteiger partial charge in [-0.1, -0.05) is 6.92 Å². The first-order valence-electron chi connectivity index (χ1n) is 5.36. The number of hydrogen-bond acceptors (Lipinski definition) is 3. The normalized spacial score (nSPS) is 11.6. The van der Waals surface area contributed by atoms with Gasteiger partial charge in [0.15, 0.2) is 0 Å². The van der Waals surface area contributed by atoms with Crippen molar-refractivity contribution in [1.29, 1.82) is 0 Å². The lowest BCUT2D eigenvalue weighted by Gasteiger charge is -2.21. The maximum absolute atomic E-state index is 12.2. The van der Waals surface area contributed by atoms with Gasteiger partial charge in [0.25, 0.3) is 0 Å². The Morgan fingerprint density at radius 2 is 2.12 bits per heavy atom. The second-order valence-electron chi connectivity index (χ2n) is 3.76. The summed E-state index contributed by atoms with van der Waals surface area (Å²) in [6.07, 6.45) is -2.67. The zero-order valence-electron chi connectivity index (χ0n) is 9.88. The Balaban J connectivity index is 2.70. The molecule has 0 aliphatic rings. The van der Waals surface area contributed by atoms with Crippen molar-refractivity contribution < 1.29 is 13.2 Å². The molecule has 0 fully saturated rings. The minimum atomic E-state index is -4.19. The summed E-state index contributed by atoms with van der Waals surface area (Å²) in [4.78, 5) is 5.25. The van der Waals surface area contributed by atoms with Crippen molar-refractivity contribution in [1.82, 2.24) is 10.3 Å². The SMILES string of the molecule is CCNCc1cc(N(C)CC(F)(F)F)ccn1. The maximum atomic E-state index is 12.2. The van der Waals surface area contributed by atoms with E-state index in [4.69, 9.17) is 0 Å². The van der Waals surface area contributed by atoms with Crippen LogP contribution in [-0.4, -0.2) is 31.3 Å². The Kier molecular flexibility index (Phi) is 4.74. The summed E-state index contributed by atoms with van der Waals surface area (Å²) < 4.78 is 36.7. The molecule has 1 N–H and O–H groups in total. The second-order valence-corrected chi connectivity index (χ2v) is 3.76. The molecule has 1 heterocycles. The van der Waals surface area contributed by atoms with E-state index in [0.29, 0.717) is 12.2 Å². The molecule has 0 aliphatic carbocycles. The van der Waals surface area contributed by atoms with Gasteiger partial charge in [-0.05, 0) is 18.7 Å². The predicted molar refractivity (Wildman–Crippen MR) is 60.9 cm³/mol. The molecule has 0 saturated heterocycles. The number of halogens is 3. The van der Waals surface area contributed by atoms with Crippen LogP contribution in [0.2, 0.25) is 0 Å². The van der Waals surface area contributed by atoms with Gasteiger partial charge >= 0.3 is 6.18 Å². The molecule has 0 aromatic carbocycles. The smallest absolute Gasteiger partial charge is 0.366 e. The summed E-state index contributed by atoms with van der Waals surface area (Å²) in [5.41, 5.74) is 1.25. The lowest BCUT2D eigenvalue weighted by Crippen LogP contribution is -2.31. The van der Waals surface area contributed by atoms with Crippen LogP contribution in [0.3, 0.4) is 0 Å². The van der Waals surface area contributed by atoms with Crippen molar-refractivity contribution in [2.75, 3.05) is 25.0 Å². The molecular weight excluding hydrogens is 231 g/mol. The summed E-state index contributed by atoms with van der Waals surface area (Å²) in [7, 11) is 1.42. The monoisotopic (exact) mass is 247 g/mol. The molecule has 0 spiro atoms. The van der Waals surface area contributed by atoms with E-state index in [0.717, 1.165) is 17.1 Å². The van der Waals surface area contributed by atoms with Gasteiger partial charge in [0.1, 0.15) is 6.54 Å². The fourth-order valence-electron chi connectivity index (χ4n) is 1.41. The van der Waals surface area contributed by atoms with Gasteiger partial charge in [0.2, 0.25) is 0 Å². The van der Waals surface area contributed by atoms with E-state index in [1.165, 1.54) is 13.2 Å². The van der Waals surface area contributed by atoms with Crippen LogP contribution >= 0.6 is 0 Å². The standard InChI is InChI=1S/C11H16F3N3/c1-3-15-7-9-6-10(4-5-16-9)17(2)8-11(12,13)14/h4-6,15H,3,7-8H2,1-2H3. The number of hydrogen-bond donors (Lipinski definition) is 1. The van der Waals surface area contributed by atoms with Crippen LogP contribution in [0.5, 0.6) is 0 Å². The van der Waals surface area contributed by atoms with Crippen LogP contribution in [0.4, 0.5) is 18.9 Å². The van der Waals surface area contributed by atoms with E-state index in [1.807, 2.05) is 6.92 Å². The number of rotatable bonds is 5. The van der Waals surface area contributed by atoms with Gasteiger partial charge in [0.05, 0.1) is 5.69 Å². The Bertz CT molecular complexity index is 352. The minimum absolute atomic E-state index is 0.519. The summed E-state index contributed by atoms with van der Waals surface area (Å²) in [6.45, 7) is 2.35. The van der Waals surface area contributed by atoms with Gasteiger partial charge in [-0.15, -0.1) is 0 Å². The average Bonchev–Trinajstić information content (AvgIpc) is 2.24. The van der Waals surface area contributed by atoms with Crippen molar-refractivity contribution in [2.24, 2.45) is 0 Å². The van der Waals surface area contributed by atoms with E-state index in [9.17, 15) is 13.2 Å². The first-order valence-corrected chi connectivity index (χ1v) is 5.36. The van der Waals surface area contributed by atoms with Crippen LogP contribution in [0.15, 0.2) is 18.3 Å². The van der Waals surface area contributed by atoms with Crippen LogP contribution in [0.1, 0.15) is 12.6 Å². The molecule has 1 rings (SSSR count). The van der Waals surface area contributed by atoms with Gasteiger partial charge in [-0.25, -0.2) is 0 Å². The molecule has 0 unspecified atom stereocenters. The molecule has 0 amide bonds. The van der Waals surface area contributed by atoms with Gasteiger partial charge in [-0.3, -0.25) is 4.98 Å². The summed E-state index contributed by atoms with van der Waals surface area (Å²) >= 11 is 0. The molecule has 0 radical (unpaired) electrons. The number of anilines is 1. The highest BCUT2D eigenvalue weighted by molar-refractivity contribution is 5.45. The van der Waals surface area contributed by atoms with E-state index in [2.05, 4.69) is 10.3 Å². The third-order valence-electron chi connectivity index (χ3n) is 2.21. The van der Waals surface area contributed by atoms with Crippen LogP contribution in [-0.2, 0) is 6.54 Å². The number of alkyl halides is 3. The molecule has 1 aromatic heterocycles. The Hall–Kier alpha value is -1.30. The van der Waals surface area contributed by atoms with Crippen molar-refractivity contribution >= 4 is 5.69 Å². The van der Waals surface area contributed by atoms with Crippen molar-refractivity contribution in [2.45, 2.75) is 19.6 Å². The summed E-state index contributed by atoms with van der Waals surface area (Å²) in [5.74, 6) is 0. The van der Waals surface area contributed by atoms with Gasteiger partial charge in [0, 0.05) is 25.5 Å². The molecule has 0 saturated carbocycles. The van der Waals surface area contributed by atoms with Gasteiger partial charge < -0.3 is 10.2 Å². The Morgan fingerprint density at radius 3 is 2.71 bits per heavy atom. The van der Waals surface area contributed by atoms with Crippen LogP contribution in [0, 0.1) is 0 Å². The fourth-order valence-corrected chi connectivity index (χ4v) is 1.41. The predicted octanol–water partition coefficient (Wildman–Crippen LogP) is 2.19. The van der Waals surface area contributed by atoms with E-state index in [1.54, 1.807) is 12.1 Å². The minimum Gasteiger partial charge on any atom is -0.366 e. The van der Waals surface area contributed by atoms with Crippen molar-refractivity contribution in [3.63, 3.8) is 0 Å². The molecule has 6 heteroatoms. The van der Waals surface area contributed by atoms with E-state index >= 15 is 0 Å². The molecular formula is C11H16F3N3. The first-order chi connectivity index (χ1) is 7.92. The quantitative estimate of drug-likeness (QED) is 0.864. The lowest BCUT2D eigenvalue weighted by atomic mass is 10.3.